The molecule has 0 amide bonds. The number of hydrogen-bond donors (Lipinski definition) is 1. The van der Waals surface area contributed by atoms with Gasteiger partial charge in [0.1, 0.15) is 5.75 Å². The number of benzene rings is 1. The molecule has 1 aromatic rings. The van der Waals surface area contributed by atoms with Gasteiger partial charge in [0.15, 0.2) is 0 Å². The van der Waals surface area contributed by atoms with Gasteiger partial charge in [0.2, 0.25) is 0 Å². The fourth-order valence-electron chi connectivity index (χ4n) is 0.959. The average molecular weight is 230 g/mol. The highest BCUT2D eigenvalue weighted by Crippen LogP contribution is 2.32. The number of thioether (sulfide) groups is 1. The van der Waals surface area contributed by atoms with E-state index in [4.69, 9.17) is 22.1 Å². The Hall–Kier alpha value is -0.800. The minimum absolute atomic E-state index is 0.619. The molecule has 0 heterocycles. The van der Waals surface area contributed by atoms with Crippen molar-refractivity contribution in [3.05, 3.63) is 29.8 Å². The third-order valence-corrected chi connectivity index (χ3v) is 3.01. The van der Waals surface area contributed by atoms with Crippen molar-refractivity contribution in [2.45, 2.75) is 4.90 Å². The number of methoxy groups -OCH3 is 1. The van der Waals surface area contributed by atoms with Crippen molar-refractivity contribution in [2.24, 2.45) is 0 Å². The maximum Gasteiger partial charge on any atom is 0.134 e. The summed E-state index contributed by atoms with van der Waals surface area (Å²) in [6, 6.07) is 5.54. The first-order chi connectivity index (χ1) is 6.63. The van der Waals surface area contributed by atoms with E-state index in [2.05, 4.69) is 6.58 Å². The van der Waals surface area contributed by atoms with Gasteiger partial charge in [0, 0.05) is 27.4 Å². The average Bonchev–Trinajstić information content (AvgIpc) is 2.15. The molecule has 2 N–H and O–H groups in total. The molecule has 0 atom stereocenters. The molecular formula is C10H12ClNOS. The molecule has 0 radical (unpaired) electrons. The van der Waals surface area contributed by atoms with Gasteiger partial charge in [-0.2, -0.15) is 0 Å². The molecule has 0 aliphatic heterocycles. The Morgan fingerprint density at radius 3 is 2.93 bits per heavy atom. The molecule has 0 aliphatic rings. The van der Waals surface area contributed by atoms with Crippen molar-refractivity contribution in [1.82, 2.24) is 0 Å². The standard InChI is InChI=1S/C10H12ClNOS/c1-7(11)6-14-10-4-3-8(12)5-9(10)13-2/h3-5H,1,6,12H2,2H3. The van der Waals surface area contributed by atoms with Gasteiger partial charge in [0.05, 0.1) is 7.11 Å². The Morgan fingerprint density at radius 1 is 1.64 bits per heavy atom. The van der Waals surface area contributed by atoms with Crippen LogP contribution in [0.15, 0.2) is 34.7 Å². The van der Waals surface area contributed by atoms with Crippen molar-refractivity contribution in [2.75, 3.05) is 18.6 Å². The highest BCUT2D eigenvalue weighted by atomic mass is 35.5. The van der Waals surface area contributed by atoms with Crippen LogP contribution < -0.4 is 10.5 Å². The zero-order valence-corrected chi connectivity index (χ0v) is 9.49. The molecule has 1 aromatic carbocycles. The molecule has 0 aromatic heterocycles. The van der Waals surface area contributed by atoms with E-state index in [1.807, 2.05) is 12.1 Å². The van der Waals surface area contributed by atoms with E-state index >= 15 is 0 Å². The molecule has 14 heavy (non-hydrogen) atoms. The van der Waals surface area contributed by atoms with E-state index in [1.165, 1.54) is 0 Å². The Bertz CT molecular complexity index is 341. The molecule has 0 fully saturated rings. The van der Waals surface area contributed by atoms with E-state index in [0.29, 0.717) is 16.5 Å². The number of nitrogens with two attached hydrogens (primary N) is 1. The zero-order valence-electron chi connectivity index (χ0n) is 7.92. The summed E-state index contributed by atoms with van der Waals surface area (Å²) >= 11 is 7.25. The molecule has 0 saturated carbocycles. The van der Waals surface area contributed by atoms with E-state index in [1.54, 1.807) is 24.9 Å². The normalized spacial score (nSPS) is 9.86. The van der Waals surface area contributed by atoms with E-state index in [-0.39, 0.29) is 0 Å². The Balaban J connectivity index is 2.80. The van der Waals surface area contributed by atoms with Crippen LogP contribution in [0.3, 0.4) is 0 Å². The van der Waals surface area contributed by atoms with Crippen molar-refractivity contribution in [3.8, 4) is 5.75 Å². The fraction of sp³-hybridized carbons (Fsp3) is 0.200. The molecule has 0 unspecified atom stereocenters. The van der Waals surface area contributed by atoms with Crippen LogP contribution in [0.4, 0.5) is 5.69 Å². The Labute approximate surface area is 93.1 Å². The summed E-state index contributed by atoms with van der Waals surface area (Å²) in [7, 11) is 1.62. The molecular weight excluding hydrogens is 218 g/mol. The first kappa shape index (κ1) is 11.3. The van der Waals surface area contributed by atoms with Gasteiger partial charge in [-0.1, -0.05) is 18.2 Å². The maximum absolute atomic E-state index is 5.67. The molecule has 1 rings (SSSR count). The summed E-state index contributed by atoms with van der Waals surface area (Å²) in [6.45, 7) is 3.62. The summed E-state index contributed by atoms with van der Waals surface area (Å²) in [5.74, 6) is 1.44. The molecule has 2 nitrogen and oxygen atoms in total. The second-order valence-electron chi connectivity index (χ2n) is 2.72. The van der Waals surface area contributed by atoms with Crippen molar-refractivity contribution >= 4 is 29.1 Å². The van der Waals surface area contributed by atoms with Gasteiger partial charge in [-0.15, -0.1) is 11.8 Å². The predicted octanol–water partition coefficient (Wildman–Crippen LogP) is 3.12. The van der Waals surface area contributed by atoms with Crippen LogP contribution in [-0.2, 0) is 0 Å². The first-order valence-electron chi connectivity index (χ1n) is 4.03. The molecule has 0 aliphatic carbocycles. The van der Waals surface area contributed by atoms with Crippen LogP contribution >= 0.6 is 23.4 Å². The highest BCUT2D eigenvalue weighted by molar-refractivity contribution is 7.99. The predicted molar refractivity (Wildman–Crippen MR) is 63.1 cm³/mol. The largest absolute Gasteiger partial charge is 0.496 e. The van der Waals surface area contributed by atoms with Crippen LogP contribution in [0.25, 0.3) is 0 Å². The number of anilines is 1. The number of nitrogen functional groups attached to an aromatic ring is 1. The van der Waals surface area contributed by atoms with Crippen LogP contribution in [0.2, 0.25) is 0 Å². The number of rotatable bonds is 4. The first-order valence-corrected chi connectivity index (χ1v) is 5.39. The van der Waals surface area contributed by atoms with Gasteiger partial charge in [-0.3, -0.25) is 0 Å². The topological polar surface area (TPSA) is 35.2 Å². The molecule has 0 bridgehead atoms. The summed E-state index contributed by atoms with van der Waals surface area (Å²) in [4.78, 5) is 1.02. The molecule has 0 saturated heterocycles. The number of hydrogen-bond acceptors (Lipinski definition) is 3. The van der Waals surface area contributed by atoms with E-state index < -0.39 is 0 Å². The number of halogens is 1. The SMILES string of the molecule is C=C(Cl)CSc1ccc(N)cc1OC. The van der Waals surface area contributed by atoms with Crippen LogP contribution in [0, 0.1) is 0 Å². The van der Waals surface area contributed by atoms with Gasteiger partial charge in [-0.25, -0.2) is 0 Å². The van der Waals surface area contributed by atoms with Crippen LogP contribution in [-0.4, -0.2) is 12.9 Å². The summed E-state index contributed by atoms with van der Waals surface area (Å²) in [6.07, 6.45) is 0. The Morgan fingerprint density at radius 2 is 2.36 bits per heavy atom. The van der Waals surface area contributed by atoms with E-state index in [9.17, 15) is 0 Å². The van der Waals surface area contributed by atoms with Crippen molar-refractivity contribution in [1.29, 1.82) is 0 Å². The lowest BCUT2D eigenvalue weighted by atomic mass is 10.3. The Kier molecular flexibility index (Phi) is 4.17. The summed E-state index contributed by atoms with van der Waals surface area (Å²) in [5.41, 5.74) is 6.32. The lowest BCUT2D eigenvalue weighted by Gasteiger charge is -2.08. The second kappa shape index (κ2) is 5.17. The third kappa shape index (κ3) is 3.16. The smallest absolute Gasteiger partial charge is 0.134 e. The van der Waals surface area contributed by atoms with Crippen LogP contribution in [0.1, 0.15) is 0 Å². The van der Waals surface area contributed by atoms with Gasteiger partial charge >= 0.3 is 0 Å². The highest BCUT2D eigenvalue weighted by Gasteiger charge is 2.03. The second-order valence-corrected chi connectivity index (χ2v) is 4.27. The maximum atomic E-state index is 5.67. The quantitative estimate of drug-likeness (QED) is 0.637. The fourth-order valence-corrected chi connectivity index (χ4v) is 1.88. The summed E-state index contributed by atoms with van der Waals surface area (Å²) in [5, 5.41) is 0.619. The lowest BCUT2D eigenvalue weighted by Crippen LogP contribution is -1.90. The minimum atomic E-state index is 0.619. The monoisotopic (exact) mass is 229 g/mol. The van der Waals surface area contributed by atoms with Crippen LogP contribution in [0.5, 0.6) is 5.75 Å². The van der Waals surface area contributed by atoms with Crippen molar-refractivity contribution < 1.29 is 4.74 Å². The zero-order chi connectivity index (χ0) is 10.6. The van der Waals surface area contributed by atoms with Gasteiger partial charge < -0.3 is 10.5 Å². The molecule has 4 heteroatoms. The molecule has 0 spiro atoms. The molecule has 76 valence electrons. The lowest BCUT2D eigenvalue weighted by molar-refractivity contribution is 0.405. The van der Waals surface area contributed by atoms with Crippen molar-refractivity contribution in [3.63, 3.8) is 0 Å². The minimum Gasteiger partial charge on any atom is -0.496 e. The van der Waals surface area contributed by atoms with Gasteiger partial charge in [0.25, 0.3) is 0 Å². The third-order valence-electron chi connectivity index (χ3n) is 1.57. The number of ether oxygens (including phenoxy) is 1. The summed E-state index contributed by atoms with van der Waals surface area (Å²) < 4.78 is 5.18. The van der Waals surface area contributed by atoms with E-state index in [0.717, 1.165) is 10.6 Å². The van der Waals surface area contributed by atoms with Gasteiger partial charge in [-0.05, 0) is 12.1 Å².